The van der Waals surface area contributed by atoms with Crippen LogP contribution in [-0.4, -0.2) is 4.20 Å². The summed E-state index contributed by atoms with van der Waals surface area (Å²) in [5.74, 6) is 0.965. The molecule has 17 heavy (non-hydrogen) atoms. The van der Waals surface area contributed by atoms with E-state index in [1.165, 1.54) is 11.1 Å². The third-order valence-electron chi connectivity index (χ3n) is 2.43. The van der Waals surface area contributed by atoms with Crippen LogP contribution >= 0.6 is 24.0 Å². The van der Waals surface area contributed by atoms with Gasteiger partial charge in [0.2, 0.25) is 0 Å². The molecule has 0 aliphatic heterocycles. The van der Waals surface area contributed by atoms with Gasteiger partial charge in [0.05, 0.1) is 4.20 Å². The van der Waals surface area contributed by atoms with Crippen molar-refractivity contribution in [3.05, 3.63) is 71.8 Å². The SMILES string of the molecule is S=C(Cc1ccccc1)SCc1ccccc1. The van der Waals surface area contributed by atoms with Crippen molar-refractivity contribution in [2.24, 2.45) is 0 Å². The van der Waals surface area contributed by atoms with E-state index in [0.29, 0.717) is 0 Å². The lowest BCUT2D eigenvalue weighted by Crippen LogP contribution is -1.95. The van der Waals surface area contributed by atoms with E-state index in [0.717, 1.165) is 16.4 Å². The molecule has 0 spiro atoms. The topological polar surface area (TPSA) is 0 Å². The molecule has 0 amide bonds. The van der Waals surface area contributed by atoms with Crippen LogP contribution in [0.3, 0.4) is 0 Å². The van der Waals surface area contributed by atoms with E-state index in [1.807, 2.05) is 12.1 Å². The third-order valence-corrected chi connectivity index (χ3v) is 3.88. The molecule has 0 radical (unpaired) electrons. The zero-order valence-electron chi connectivity index (χ0n) is 9.50. The summed E-state index contributed by atoms with van der Waals surface area (Å²) in [6, 6.07) is 20.8. The van der Waals surface area contributed by atoms with E-state index in [4.69, 9.17) is 12.2 Å². The molecule has 86 valence electrons. The van der Waals surface area contributed by atoms with Crippen molar-refractivity contribution >= 4 is 28.2 Å². The molecule has 0 heterocycles. The lowest BCUT2D eigenvalue weighted by atomic mass is 10.2. The summed E-state index contributed by atoms with van der Waals surface area (Å²) in [6.45, 7) is 0. The standard InChI is InChI=1S/C15H14S2/c16-15(11-13-7-3-1-4-8-13)17-12-14-9-5-2-6-10-14/h1-10H,11-12H2. The van der Waals surface area contributed by atoms with E-state index < -0.39 is 0 Å². The highest BCUT2D eigenvalue weighted by molar-refractivity contribution is 8.22. The molecule has 0 saturated heterocycles. The van der Waals surface area contributed by atoms with Gasteiger partial charge in [0, 0.05) is 12.2 Å². The molecule has 0 fully saturated rings. The first-order chi connectivity index (χ1) is 8.34. The van der Waals surface area contributed by atoms with Crippen LogP contribution in [0.1, 0.15) is 11.1 Å². The Balaban J connectivity index is 1.83. The molecular weight excluding hydrogens is 244 g/mol. The molecule has 0 aromatic heterocycles. The minimum Gasteiger partial charge on any atom is -0.114 e. The van der Waals surface area contributed by atoms with Crippen molar-refractivity contribution in [3.63, 3.8) is 0 Å². The summed E-state index contributed by atoms with van der Waals surface area (Å²) in [5, 5.41) is 0. The minimum atomic E-state index is 0.883. The van der Waals surface area contributed by atoms with E-state index in [-0.39, 0.29) is 0 Å². The van der Waals surface area contributed by atoms with Crippen molar-refractivity contribution < 1.29 is 0 Å². The second kappa shape index (κ2) is 6.58. The van der Waals surface area contributed by atoms with Crippen LogP contribution in [0.15, 0.2) is 60.7 Å². The maximum Gasteiger partial charge on any atom is 0.0525 e. The molecule has 0 nitrogen and oxygen atoms in total. The molecule has 0 aliphatic carbocycles. The van der Waals surface area contributed by atoms with Crippen LogP contribution in [0.25, 0.3) is 0 Å². The van der Waals surface area contributed by atoms with Crippen molar-refractivity contribution in [1.29, 1.82) is 0 Å². The van der Waals surface area contributed by atoms with Gasteiger partial charge >= 0.3 is 0 Å². The predicted molar refractivity (Wildman–Crippen MR) is 80.5 cm³/mol. The fourth-order valence-electron chi connectivity index (χ4n) is 1.55. The summed E-state index contributed by atoms with van der Waals surface area (Å²) in [7, 11) is 0. The van der Waals surface area contributed by atoms with Crippen LogP contribution < -0.4 is 0 Å². The molecule has 0 saturated carbocycles. The summed E-state index contributed by atoms with van der Waals surface area (Å²) < 4.78 is 1.06. The number of thiocarbonyl (C=S) groups is 1. The maximum atomic E-state index is 5.40. The average molecular weight is 258 g/mol. The van der Waals surface area contributed by atoms with Gasteiger partial charge in [-0.1, -0.05) is 72.9 Å². The fraction of sp³-hybridized carbons (Fsp3) is 0.133. The Kier molecular flexibility index (Phi) is 4.77. The Morgan fingerprint density at radius 1 is 0.824 bits per heavy atom. The number of benzene rings is 2. The highest BCUT2D eigenvalue weighted by atomic mass is 32.2. The molecule has 2 aromatic carbocycles. The lowest BCUT2D eigenvalue weighted by molar-refractivity contribution is 1.37. The van der Waals surface area contributed by atoms with Gasteiger partial charge in [-0.3, -0.25) is 0 Å². The van der Waals surface area contributed by atoms with Crippen LogP contribution in [-0.2, 0) is 12.2 Å². The molecule has 0 bridgehead atoms. The average Bonchev–Trinajstić information content (AvgIpc) is 2.39. The first-order valence-corrected chi connectivity index (χ1v) is 6.97. The van der Waals surface area contributed by atoms with Gasteiger partial charge in [0.1, 0.15) is 0 Å². The molecule has 0 unspecified atom stereocenters. The normalized spacial score (nSPS) is 10.1. The number of rotatable bonds is 4. The van der Waals surface area contributed by atoms with Crippen molar-refractivity contribution in [3.8, 4) is 0 Å². The zero-order chi connectivity index (χ0) is 11.9. The van der Waals surface area contributed by atoms with E-state index in [2.05, 4.69) is 48.5 Å². The zero-order valence-corrected chi connectivity index (χ0v) is 11.1. The van der Waals surface area contributed by atoms with Gasteiger partial charge in [-0.25, -0.2) is 0 Å². The Hall–Kier alpha value is -1.12. The van der Waals surface area contributed by atoms with Crippen LogP contribution in [0.5, 0.6) is 0 Å². The highest BCUT2D eigenvalue weighted by Gasteiger charge is 2.00. The van der Waals surface area contributed by atoms with Crippen molar-refractivity contribution in [1.82, 2.24) is 0 Å². The maximum absolute atomic E-state index is 5.40. The Morgan fingerprint density at radius 2 is 1.35 bits per heavy atom. The summed E-state index contributed by atoms with van der Waals surface area (Å²) >= 11 is 7.15. The molecule has 2 heteroatoms. The van der Waals surface area contributed by atoms with Gasteiger partial charge < -0.3 is 0 Å². The largest absolute Gasteiger partial charge is 0.114 e. The van der Waals surface area contributed by atoms with Crippen LogP contribution in [0.4, 0.5) is 0 Å². The van der Waals surface area contributed by atoms with Crippen LogP contribution in [0, 0.1) is 0 Å². The molecule has 2 aromatic rings. The van der Waals surface area contributed by atoms with E-state index in [1.54, 1.807) is 11.8 Å². The predicted octanol–water partition coefficient (Wildman–Crippen LogP) is 4.49. The monoisotopic (exact) mass is 258 g/mol. The quantitative estimate of drug-likeness (QED) is 0.741. The molecule has 0 N–H and O–H groups in total. The first-order valence-electron chi connectivity index (χ1n) is 5.58. The van der Waals surface area contributed by atoms with Gasteiger partial charge in [-0.2, -0.15) is 0 Å². The Morgan fingerprint density at radius 3 is 1.94 bits per heavy atom. The minimum absolute atomic E-state index is 0.883. The molecule has 0 aliphatic rings. The van der Waals surface area contributed by atoms with Crippen molar-refractivity contribution in [2.75, 3.05) is 0 Å². The number of hydrogen-bond acceptors (Lipinski definition) is 2. The number of thioether (sulfide) groups is 1. The van der Waals surface area contributed by atoms with E-state index in [9.17, 15) is 0 Å². The Bertz CT molecular complexity index is 463. The second-order valence-corrected chi connectivity index (χ2v) is 5.63. The van der Waals surface area contributed by atoms with Gasteiger partial charge in [0.15, 0.2) is 0 Å². The lowest BCUT2D eigenvalue weighted by Gasteiger charge is -2.04. The first kappa shape index (κ1) is 12.3. The number of hydrogen-bond donors (Lipinski definition) is 0. The summed E-state index contributed by atoms with van der Waals surface area (Å²) in [4.78, 5) is 0. The highest BCUT2D eigenvalue weighted by Crippen LogP contribution is 2.16. The second-order valence-electron chi connectivity index (χ2n) is 3.81. The van der Waals surface area contributed by atoms with Gasteiger partial charge in [-0.15, -0.1) is 11.8 Å². The van der Waals surface area contributed by atoms with Gasteiger partial charge in [-0.05, 0) is 11.1 Å². The molecular formula is C15H14S2. The van der Waals surface area contributed by atoms with E-state index >= 15 is 0 Å². The smallest absolute Gasteiger partial charge is 0.0525 e. The van der Waals surface area contributed by atoms with Gasteiger partial charge in [0.25, 0.3) is 0 Å². The Labute approximate surface area is 112 Å². The fourth-order valence-corrected chi connectivity index (χ4v) is 2.68. The molecule has 2 rings (SSSR count). The molecule has 0 atom stereocenters. The van der Waals surface area contributed by atoms with Crippen LogP contribution in [0.2, 0.25) is 0 Å². The van der Waals surface area contributed by atoms with Crippen molar-refractivity contribution in [2.45, 2.75) is 12.2 Å². The third kappa shape index (κ3) is 4.33. The summed E-state index contributed by atoms with van der Waals surface area (Å²) in [6.07, 6.45) is 0.883. The summed E-state index contributed by atoms with van der Waals surface area (Å²) in [5.41, 5.74) is 2.62.